The molecule has 3 heterocycles. The summed E-state index contributed by atoms with van der Waals surface area (Å²) in [6, 6.07) is 17.4. The van der Waals surface area contributed by atoms with Crippen LogP contribution in [0.3, 0.4) is 0 Å². The summed E-state index contributed by atoms with van der Waals surface area (Å²) in [5, 5.41) is 0. The summed E-state index contributed by atoms with van der Waals surface area (Å²) in [6.07, 6.45) is 7.07. The SMILES string of the molecule is Cc1oc(-c2ccc(N3CCOCC3)cc2)nc1CN1CCC2(C=Cc3ccccc32)CC1. The van der Waals surface area contributed by atoms with Crippen molar-refractivity contribution in [2.24, 2.45) is 0 Å². The zero-order valence-electron chi connectivity index (χ0n) is 19.3. The van der Waals surface area contributed by atoms with Crippen molar-refractivity contribution in [3.8, 4) is 11.5 Å². The molecule has 0 unspecified atom stereocenters. The lowest BCUT2D eigenvalue weighted by Crippen LogP contribution is -2.40. The van der Waals surface area contributed by atoms with Crippen LogP contribution in [0.1, 0.15) is 35.4 Å². The molecule has 2 aromatic carbocycles. The topological polar surface area (TPSA) is 41.7 Å². The van der Waals surface area contributed by atoms with E-state index >= 15 is 0 Å². The molecule has 3 aliphatic rings. The molecular formula is C28H31N3O2. The van der Waals surface area contributed by atoms with Gasteiger partial charge in [-0.2, -0.15) is 0 Å². The predicted octanol–water partition coefficient (Wildman–Crippen LogP) is 5.05. The molecule has 5 heteroatoms. The van der Waals surface area contributed by atoms with Crippen LogP contribution < -0.4 is 4.90 Å². The minimum atomic E-state index is 0.222. The molecule has 1 spiro atoms. The number of hydrogen-bond acceptors (Lipinski definition) is 5. The highest BCUT2D eigenvalue weighted by Gasteiger charge is 2.38. The van der Waals surface area contributed by atoms with Gasteiger partial charge in [-0.05, 0) is 68.2 Å². The first-order valence-corrected chi connectivity index (χ1v) is 12.1. The first-order valence-electron chi connectivity index (χ1n) is 12.1. The van der Waals surface area contributed by atoms with E-state index in [1.807, 2.05) is 6.92 Å². The quantitative estimate of drug-likeness (QED) is 0.567. The standard InChI is InChI=1S/C28H31N3O2/c1-21-26(20-30-14-12-28(13-15-30)11-10-22-4-2-3-5-25(22)28)29-27(33-21)23-6-8-24(9-7-23)31-16-18-32-19-17-31/h2-11H,12-20H2,1H3. The van der Waals surface area contributed by atoms with Gasteiger partial charge in [-0.1, -0.05) is 36.4 Å². The average Bonchev–Trinajstić information content (AvgIpc) is 3.42. The van der Waals surface area contributed by atoms with Gasteiger partial charge in [-0.25, -0.2) is 4.98 Å². The third-order valence-electron chi connectivity index (χ3n) is 7.58. The molecule has 170 valence electrons. The number of benzene rings is 2. The fraction of sp³-hybridized carbons (Fsp3) is 0.393. The average molecular weight is 442 g/mol. The number of allylic oxidation sites excluding steroid dienone is 1. The Hall–Kier alpha value is -2.89. The maximum Gasteiger partial charge on any atom is 0.226 e. The van der Waals surface area contributed by atoms with E-state index in [1.165, 1.54) is 16.8 Å². The van der Waals surface area contributed by atoms with Crippen molar-refractivity contribution < 1.29 is 9.15 Å². The lowest BCUT2D eigenvalue weighted by Gasteiger charge is -2.39. The lowest BCUT2D eigenvalue weighted by atomic mass is 9.74. The number of aromatic nitrogens is 1. The van der Waals surface area contributed by atoms with E-state index in [0.29, 0.717) is 0 Å². The van der Waals surface area contributed by atoms with Gasteiger partial charge >= 0.3 is 0 Å². The third kappa shape index (κ3) is 3.90. The van der Waals surface area contributed by atoms with Crippen LogP contribution in [0, 0.1) is 6.92 Å². The number of ether oxygens (including phenoxy) is 1. The van der Waals surface area contributed by atoms with Crippen LogP contribution in [0.4, 0.5) is 5.69 Å². The van der Waals surface area contributed by atoms with Gasteiger partial charge in [-0.3, -0.25) is 4.90 Å². The number of morpholine rings is 1. The summed E-state index contributed by atoms with van der Waals surface area (Å²) in [7, 11) is 0. The molecule has 0 bridgehead atoms. The second kappa shape index (κ2) is 8.47. The van der Waals surface area contributed by atoms with Crippen LogP contribution >= 0.6 is 0 Å². The van der Waals surface area contributed by atoms with E-state index in [1.54, 1.807) is 0 Å². The number of piperidine rings is 1. The smallest absolute Gasteiger partial charge is 0.226 e. The maximum absolute atomic E-state index is 6.08. The molecule has 5 nitrogen and oxygen atoms in total. The molecule has 33 heavy (non-hydrogen) atoms. The number of likely N-dealkylation sites (tertiary alicyclic amines) is 1. The highest BCUT2D eigenvalue weighted by molar-refractivity contribution is 5.65. The summed E-state index contributed by atoms with van der Waals surface area (Å²) in [5.41, 5.74) is 6.44. The highest BCUT2D eigenvalue weighted by atomic mass is 16.5. The van der Waals surface area contributed by atoms with Crippen molar-refractivity contribution in [3.63, 3.8) is 0 Å². The van der Waals surface area contributed by atoms with Crippen LogP contribution in [0.5, 0.6) is 0 Å². The lowest BCUT2D eigenvalue weighted by molar-refractivity contribution is 0.122. The summed E-state index contributed by atoms with van der Waals surface area (Å²) >= 11 is 0. The van der Waals surface area contributed by atoms with Crippen LogP contribution in [0.2, 0.25) is 0 Å². The second-order valence-electron chi connectivity index (χ2n) is 9.52. The van der Waals surface area contributed by atoms with Gasteiger partial charge in [0.05, 0.1) is 18.9 Å². The zero-order chi connectivity index (χ0) is 22.3. The summed E-state index contributed by atoms with van der Waals surface area (Å²) in [4.78, 5) is 9.77. The second-order valence-corrected chi connectivity index (χ2v) is 9.52. The first-order chi connectivity index (χ1) is 16.2. The normalized spacial score (nSPS) is 19.8. The number of rotatable bonds is 4. The van der Waals surface area contributed by atoms with Crippen molar-refractivity contribution in [2.75, 3.05) is 44.3 Å². The van der Waals surface area contributed by atoms with Crippen LogP contribution in [-0.4, -0.2) is 49.3 Å². The molecule has 1 aromatic heterocycles. The van der Waals surface area contributed by atoms with Gasteiger partial charge in [0.15, 0.2) is 0 Å². The number of hydrogen-bond donors (Lipinski definition) is 0. The molecule has 6 rings (SSSR count). The molecule has 2 saturated heterocycles. The Balaban J connectivity index is 1.12. The summed E-state index contributed by atoms with van der Waals surface area (Å²) in [5.74, 6) is 1.64. The van der Waals surface area contributed by atoms with Crippen LogP contribution in [0.15, 0.2) is 59.0 Å². The van der Waals surface area contributed by atoms with E-state index in [9.17, 15) is 0 Å². The molecule has 2 aliphatic heterocycles. The van der Waals surface area contributed by atoms with Crippen LogP contribution in [0.25, 0.3) is 17.5 Å². The zero-order valence-corrected chi connectivity index (χ0v) is 19.3. The van der Waals surface area contributed by atoms with E-state index < -0.39 is 0 Å². The van der Waals surface area contributed by atoms with E-state index in [-0.39, 0.29) is 5.41 Å². The Labute approximate surface area is 195 Å². The molecule has 0 radical (unpaired) electrons. The molecule has 0 N–H and O–H groups in total. The summed E-state index contributed by atoms with van der Waals surface area (Å²) in [6.45, 7) is 8.52. The Morgan fingerprint density at radius 1 is 0.939 bits per heavy atom. The van der Waals surface area contributed by atoms with E-state index in [0.717, 1.165) is 81.7 Å². The third-order valence-corrected chi connectivity index (χ3v) is 7.58. The van der Waals surface area contributed by atoms with Gasteiger partial charge in [-0.15, -0.1) is 0 Å². The van der Waals surface area contributed by atoms with Gasteiger partial charge in [0.25, 0.3) is 0 Å². The Morgan fingerprint density at radius 2 is 1.70 bits per heavy atom. The van der Waals surface area contributed by atoms with Crippen molar-refractivity contribution in [3.05, 3.63) is 77.2 Å². The Morgan fingerprint density at radius 3 is 2.48 bits per heavy atom. The molecule has 0 saturated carbocycles. The fourth-order valence-corrected chi connectivity index (χ4v) is 5.53. The van der Waals surface area contributed by atoms with Gasteiger partial charge in [0.2, 0.25) is 5.89 Å². The number of anilines is 1. The van der Waals surface area contributed by atoms with Crippen molar-refractivity contribution in [1.82, 2.24) is 9.88 Å². The summed E-state index contributed by atoms with van der Waals surface area (Å²) < 4.78 is 11.5. The van der Waals surface area contributed by atoms with Gasteiger partial charge in [0, 0.05) is 36.3 Å². The van der Waals surface area contributed by atoms with E-state index in [2.05, 4.69) is 70.5 Å². The van der Waals surface area contributed by atoms with E-state index in [4.69, 9.17) is 14.1 Å². The van der Waals surface area contributed by atoms with Gasteiger partial charge < -0.3 is 14.1 Å². The molecule has 0 amide bonds. The molecule has 3 aromatic rings. The minimum absolute atomic E-state index is 0.222. The van der Waals surface area contributed by atoms with Crippen molar-refractivity contribution in [1.29, 1.82) is 0 Å². The molecular weight excluding hydrogens is 410 g/mol. The van der Waals surface area contributed by atoms with Crippen molar-refractivity contribution >= 4 is 11.8 Å². The fourth-order valence-electron chi connectivity index (χ4n) is 5.53. The Bertz CT molecular complexity index is 1150. The molecule has 0 atom stereocenters. The number of aryl methyl sites for hydroxylation is 1. The largest absolute Gasteiger partial charge is 0.441 e. The first kappa shape index (κ1) is 20.7. The number of oxazole rings is 1. The number of fused-ring (bicyclic) bond motifs is 2. The highest BCUT2D eigenvalue weighted by Crippen LogP contribution is 2.43. The van der Waals surface area contributed by atoms with Crippen LogP contribution in [-0.2, 0) is 16.7 Å². The number of nitrogens with zero attached hydrogens (tertiary/aromatic N) is 3. The minimum Gasteiger partial charge on any atom is -0.441 e. The van der Waals surface area contributed by atoms with Crippen molar-refractivity contribution in [2.45, 2.75) is 31.7 Å². The maximum atomic E-state index is 6.08. The predicted molar refractivity (Wildman–Crippen MR) is 131 cm³/mol. The monoisotopic (exact) mass is 441 g/mol. The Kier molecular flexibility index (Phi) is 5.31. The molecule has 2 fully saturated rings. The molecule has 1 aliphatic carbocycles. The van der Waals surface area contributed by atoms with Gasteiger partial charge in [0.1, 0.15) is 5.76 Å².